The zero-order valence-electron chi connectivity index (χ0n) is 23.4. The Labute approximate surface area is 244 Å². The number of pyridine rings is 2. The lowest BCUT2D eigenvalue weighted by Gasteiger charge is -2.40. The van der Waals surface area contributed by atoms with Gasteiger partial charge in [0.1, 0.15) is 24.1 Å². The Bertz CT molecular complexity index is 1370. The molecule has 3 aromatic rings. The molecule has 7 rings (SSSR count). The van der Waals surface area contributed by atoms with Gasteiger partial charge in [-0.15, -0.1) is 0 Å². The summed E-state index contributed by atoms with van der Waals surface area (Å²) < 4.78 is 16.9. The monoisotopic (exact) mass is 576 g/mol. The molecule has 1 N–H and O–H groups in total. The molecule has 41 heavy (non-hydrogen) atoms. The van der Waals surface area contributed by atoms with Crippen molar-refractivity contribution in [2.75, 3.05) is 56.6 Å². The average Bonchev–Trinajstić information content (AvgIpc) is 3.59. The molecule has 3 aliphatic heterocycles. The van der Waals surface area contributed by atoms with E-state index < -0.39 is 0 Å². The van der Waals surface area contributed by atoms with Gasteiger partial charge in [-0.2, -0.15) is 0 Å². The largest absolute Gasteiger partial charge is 0.486 e. The van der Waals surface area contributed by atoms with E-state index >= 15 is 0 Å². The van der Waals surface area contributed by atoms with E-state index in [2.05, 4.69) is 25.8 Å². The van der Waals surface area contributed by atoms with Crippen molar-refractivity contribution in [2.24, 2.45) is 11.3 Å². The lowest BCUT2D eigenvalue weighted by atomic mass is 9.76. The molecule has 4 aliphatic rings. The van der Waals surface area contributed by atoms with Crippen molar-refractivity contribution in [3.8, 4) is 5.75 Å². The van der Waals surface area contributed by atoms with E-state index in [0.29, 0.717) is 43.1 Å². The minimum Gasteiger partial charge on any atom is -0.486 e. The number of ether oxygens (including phenoxy) is 3. The average molecular weight is 577 g/mol. The molecular formula is C30H36N6O4S. The van der Waals surface area contributed by atoms with Gasteiger partial charge >= 0.3 is 0 Å². The maximum Gasteiger partial charge on any atom is 0.175 e. The lowest BCUT2D eigenvalue weighted by molar-refractivity contribution is -0.0414. The lowest BCUT2D eigenvalue weighted by Crippen LogP contribution is -2.41. The number of anilines is 2. The molecule has 10 nitrogen and oxygen atoms in total. The first-order valence-electron chi connectivity index (χ1n) is 14.4. The van der Waals surface area contributed by atoms with Crippen LogP contribution in [0.5, 0.6) is 5.75 Å². The van der Waals surface area contributed by atoms with Crippen LogP contribution in [0.1, 0.15) is 36.2 Å². The van der Waals surface area contributed by atoms with Crippen LogP contribution >= 0.6 is 11.8 Å². The summed E-state index contributed by atoms with van der Waals surface area (Å²) in [4.78, 5) is 24.5. The number of piperidine rings is 1. The maximum atomic E-state index is 10.3. The summed E-state index contributed by atoms with van der Waals surface area (Å²) in [6, 6.07) is 6.53. The van der Waals surface area contributed by atoms with Gasteiger partial charge in [0, 0.05) is 50.7 Å². The van der Waals surface area contributed by atoms with Gasteiger partial charge in [-0.3, -0.25) is 4.98 Å². The van der Waals surface area contributed by atoms with Crippen molar-refractivity contribution in [1.29, 1.82) is 0 Å². The highest BCUT2D eigenvalue weighted by Gasteiger charge is 2.41. The molecule has 2 atom stereocenters. The van der Waals surface area contributed by atoms with Crippen LogP contribution in [0, 0.1) is 11.3 Å². The van der Waals surface area contributed by atoms with Crippen molar-refractivity contribution >= 4 is 23.4 Å². The number of aromatic nitrogens is 4. The van der Waals surface area contributed by atoms with Gasteiger partial charge in [0.2, 0.25) is 0 Å². The van der Waals surface area contributed by atoms with E-state index in [1.807, 2.05) is 30.7 Å². The smallest absolute Gasteiger partial charge is 0.175 e. The molecule has 1 unspecified atom stereocenters. The Kier molecular flexibility index (Phi) is 7.44. The first kappa shape index (κ1) is 26.9. The predicted molar refractivity (Wildman–Crippen MR) is 154 cm³/mol. The molecule has 0 saturated carbocycles. The molecule has 2 saturated heterocycles. The van der Waals surface area contributed by atoms with Crippen LogP contribution in [-0.4, -0.2) is 77.8 Å². The molecule has 2 fully saturated rings. The van der Waals surface area contributed by atoms with Crippen LogP contribution in [-0.2, 0) is 28.9 Å². The number of aliphatic hydroxyl groups excluding tert-OH is 1. The molecule has 1 spiro atoms. The number of hydrogen-bond acceptors (Lipinski definition) is 11. The second-order valence-electron chi connectivity index (χ2n) is 11.6. The molecular weight excluding hydrogens is 540 g/mol. The maximum absolute atomic E-state index is 10.3. The molecule has 0 amide bonds. The molecule has 3 aromatic heterocycles. The first-order valence-corrected chi connectivity index (χ1v) is 15.2. The van der Waals surface area contributed by atoms with Crippen LogP contribution in [0.3, 0.4) is 0 Å². The number of aliphatic hydroxyl groups is 1. The molecule has 0 bridgehead atoms. The van der Waals surface area contributed by atoms with Crippen molar-refractivity contribution in [3.63, 3.8) is 0 Å². The Hall–Kier alpha value is -2.99. The summed E-state index contributed by atoms with van der Waals surface area (Å²) in [6.07, 6.45) is 10.9. The topological polar surface area (TPSA) is 106 Å². The number of rotatable bonds is 8. The molecule has 0 radical (unpaired) electrons. The molecule has 1 aliphatic carbocycles. The van der Waals surface area contributed by atoms with Crippen molar-refractivity contribution < 1.29 is 19.3 Å². The van der Waals surface area contributed by atoms with E-state index in [-0.39, 0.29) is 6.61 Å². The molecule has 11 heteroatoms. The Balaban J connectivity index is 1.03. The third kappa shape index (κ3) is 5.24. The molecule has 0 aromatic carbocycles. The van der Waals surface area contributed by atoms with E-state index in [1.165, 1.54) is 23.0 Å². The zero-order valence-corrected chi connectivity index (χ0v) is 24.2. The van der Waals surface area contributed by atoms with Crippen LogP contribution in [0.15, 0.2) is 46.7 Å². The van der Waals surface area contributed by atoms with Gasteiger partial charge in [0.05, 0.1) is 30.3 Å². The van der Waals surface area contributed by atoms with Gasteiger partial charge < -0.3 is 29.1 Å². The highest BCUT2D eigenvalue weighted by molar-refractivity contribution is 7.99. The molecule has 6 heterocycles. The highest BCUT2D eigenvalue weighted by atomic mass is 32.2. The Morgan fingerprint density at radius 2 is 2.02 bits per heavy atom. The summed E-state index contributed by atoms with van der Waals surface area (Å²) in [7, 11) is 1.64. The number of nitrogens with zero attached hydrogens (tertiary/aromatic N) is 6. The van der Waals surface area contributed by atoms with Gasteiger partial charge in [-0.1, -0.05) is 17.8 Å². The van der Waals surface area contributed by atoms with E-state index in [4.69, 9.17) is 24.2 Å². The highest BCUT2D eigenvalue weighted by Crippen LogP contribution is 2.46. The predicted octanol–water partition coefficient (Wildman–Crippen LogP) is 3.50. The van der Waals surface area contributed by atoms with Crippen LogP contribution in [0.2, 0.25) is 0 Å². The third-order valence-corrected chi connectivity index (χ3v) is 9.93. The van der Waals surface area contributed by atoms with Gasteiger partial charge in [-0.25, -0.2) is 15.0 Å². The fraction of sp³-hybridized carbons (Fsp3) is 0.533. The summed E-state index contributed by atoms with van der Waals surface area (Å²) in [6.45, 7) is 4.14. The Morgan fingerprint density at radius 3 is 2.85 bits per heavy atom. The fourth-order valence-electron chi connectivity index (χ4n) is 6.96. The fourth-order valence-corrected chi connectivity index (χ4v) is 7.82. The van der Waals surface area contributed by atoms with Crippen LogP contribution in [0.4, 0.5) is 11.6 Å². The number of methoxy groups -OCH3 is 1. The zero-order chi connectivity index (χ0) is 27.8. The first-order chi connectivity index (χ1) is 20.1. The SMILES string of the molecule is COCOCC1C[C@H]2COc3c(Sc4cnc(N5CCC6(CC5)Cc5cccnc5C6)c(CO)n4)ccnc3N2C1. The van der Waals surface area contributed by atoms with Gasteiger partial charge in [0.15, 0.2) is 17.4 Å². The number of fused-ring (bicyclic) bond motifs is 4. The number of hydrogen-bond donors (Lipinski definition) is 1. The summed E-state index contributed by atoms with van der Waals surface area (Å²) in [5.41, 5.74) is 3.57. The van der Waals surface area contributed by atoms with E-state index in [9.17, 15) is 5.11 Å². The molecule has 216 valence electrons. The van der Waals surface area contributed by atoms with Crippen LogP contribution in [0.25, 0.3) is 0 Å². The second kappa shape index (κ2) is 11.4. The van der Waals surface area contributed by atoms with E-state index in [1.54, 1.807) is 7.11 Å². The standard InChI is InChI=1S/C30H36N6O4S/c1-38-19-39-17-20-11-22-18-40-27-25(4-8-32-29(27)36(22)15-20)41-26-14-33-28(24(16-37)34-26)35-9-5-30(6-10-35)12-21-3-2-7-31-23(21)13-30/h2-4,7-8,14,20,22,37H,5-6,9-13,15-19H2,1H3/t20?,22-/m0/s1. The minimum atomic E-state index is -0.152. The second-order valence-corrected chi connectivity index (χ2v) is 12.7. The summed E-state index contributed by atoms with van der Waals surface area (Å²) in [5, 5.41) is 11.0. The third-order valence-electron chi connectivity index (χ3n) is 8.98. The summed E-state index contributed by atoms with van der Waals surface area (Å²) in [5.74, 6) is 2.87. The van der Waals surface area contributed by atoms with Gasteiger partial charge in [0.25, 0.3) is 0 Å². The van der Waals surface area contributed by atoms with Crippen molar-refractivity contribution in [3.05, 3.63) is 53.7 Å². The van der Waals surface area contributed by atoms with Crippen LogP contribution < -0.4 is 14.5 Å². The van der Waals surface area contributed by atoms with Crippen molar-refractivity contribution in [1.82, 2.24) is 19.9 Å². The normalized spacial score (nSPS) is 22.4. The Morgan fingerprint density at radius 1 is 1.12 bits per heavy atom. The van der Waals surface area contributed by atoms with Gasteiger partial charge in [-0.05, 0) is 55.2 Å². The minimum absolute atomic E-state index is 0.152. The summed E-state index contributed by atoms with van der Waals surface area (Å²) >= 11 is 1.50. The van der Waals surface area contributed by atoms with Crippen molar-refractivity contribution in [2.45, 2.75) is 54.7 Å². The van der Waals surface area contributed by atoms with E-state index in [0.717, 1.165) is 79.0 Å². The quantitative estimate of drug-likeness (QED) is 0.315.